The first-order valence-corrected chi connectivity index (χ1v) is 12.6. The molecular weight excluding hydrogens is 456 g/mol. The van der Waals surface area contributed by atoms with Crippen LogP contribution in [0.2, 0.25) is 5.02 Å². The molecule has 0 unspecified atom stereocenters. The van der Waals surface area contributed by atoms with E-state index >= 15 is 0 Å². The van der Waals surface area contributed by atoms with E-state index < -0.39 is 10.0 Å². The van der Waals surface area contributed by atoms with Crippen LogP contribution in [0.1, 0.15) is 5.56 Å². The Bertz CT molecular complexity index is 1400. The van der Waals surface area contributed by atoms with Crippen molar-refractivity contribution in [2.24, 2.45) is 0 Å². The SMILES string of the molecule is Cc1ccc(S(=O)(=O)N2CCN(c3nc(-c4ccccc4)nc4cc(Cl)ccc34)CC2)cc1. The molecule has 0 radical (unpaired) electrons. The predicted octanol–water partition coefficient (Wildman–Crippen LogP) is 4.77. The van der Waals surface area contributed by atoms with Crippen LogP contribution in [0.5, 0.6) is 0 Å². The quantitative estimate of drug-likeness (QED) is 0.422. The smallest absolute Gasteiger partial charge is 0.243 e. The number of piperazine rings is 1. The van der Waals surface area contributed by atoms with Crippen molar-refractivity contribution in [3.63, 3.8) is 0 Å². The van der Waals surface area contributed by atoms with Gasteiger partial charge < -0.3 is 4.90 Å². The lowest BCUT2D eigenvalue weighted by Crippen LogP contribution is -2.49. The number of benzene rings is 3. The number of sulfonamides is 1. The molecule has 1 aliphatic heterocycles. The van der Waals surface area contributed by atoms with E-state index in [4.69, 9.17) is 21.6 Å². The number of anilines is 1. The molecule has 1 saturated heterocycles. The van der Waals surface area contributed by atoms with Crippen LogP contribution in [0.3, 0.4) is 0 Å². The Labute approximate surface area is 198 Å². The first-order valence-electron chi connectivity index (χ1n) is 10.8. The van der Waals surface area contributed by atoms with Crippen LogP contribution < -0.4 is 4.90 Å². The summed E-state index contributed by atoms with van der Waals surface area (Å²) in [5.41, 5.74) is 2.71. The second-order valence-corrected chi connectivity index (χ2v) is 10.5. The standard InChI is InChI=1S/C25H23ClN4O2S/c1-18-7-10-21(11-8-18)33(31,32)30-15-13-29(14-16-30)25-22-12-9-20(26)17-23(22)27-24(28-25)19-5-3-2-4-6-19/h2-12,17H,13-16H2,1H3. The molecule has 8 heteroatoms. The van der Waals surface area contributed by atoms with Crippen LogP contribution in [-0.2, 0) is 10.0 Å². The molecule has 0 bridgehead atoms. The first-order chi connectivity index (χ1) is 15.9. The van der Waals surface area contributed by atoms with Gasteiger partial charge in [-0.3, -0.25) is 0 Å². The number of hydrogen-bond acceptors (Lipinski definition) is 5. The molecule has 2 heterocycles. The molecular formula is C25H23ClN4O2S. The number of fused-ring (bicyclic) bond motifs is 1. The number of rotatable bonds is 4. The van der Waals surface area contributed by atoms with Gasteiger partial charge in [0, 0.05) is 42.2 Å². The number of halogens is 1. The van der Waals surface area contributed by atoms with Crippen molar-refractivity contribution in [3.05, 3.63) is 83.4 Å². The van der Waals surface area contributed by atoms with Gasteiger partial charge in [-0.15, -0.1) is 0 Å². The summed E-state index contributed by atoms with van der Waals surface area (Å²) in [6.45, 7) is 3.78. The number of aromatic nitrogens is 2. The monoisotopic (exact) mass is 478 g/mol. The number of aryl methyl sites for hydroxylation is 1. The van der Waals surface area contributed by atoms with E-state index in [1.54, 1.807) is 16.4 Å². The lowest BCUT2D eigenvalue weighted by Gasteiger charge is -2.35. The van der Waals surface area contributed by atoms with Gasteiger partial charge in [0.15, 0.2) is 5.82 Å². The topological polar surface area (TPSA) is 66.4 Å². The Morgan fingerprint density at radius 3 is 2.24 bits per heavy atom. The lowest BCUT2D eigenvalue weighted by molar-refractivity contribution is 0.384. The zero-order valence-electron chi connectivity index (χ0n) is 18.1. The molecule has 33 heavy (non-hydrogen) atoms. The van der Waals surface area contributed by atoms with Crippen molar-refractivity contribution in [2.75, 3.05) is 31.1 Å². The molecule has 4 aromatic rings. The Hall–Kier alpha value is -3.00. The summed E-state index contributed by atoms with van der Waals surface area (Å²) < 4.78 is 27.7. The van der Waals surface area contributed by atoms with Crippen molar-refractivity contribution in [3.8, 4) is 11.4 Å². The van der Waals surface area contributed by atoms with Crippen molar-refractivity contribution in [1.82, 2.24) is 14.3 Å². The van der Waals surface area contributed by atoms with Crippen LogP contribution in [-0.4, -0.2) is 48.9 Å². The summed E-state index contributed by atoms with van der Waals surface area (Å²) in [6.07, 6.45) is 0. The minimum absolute atomic E-state index is 0.329. The maximum absolute atomic E-state index is 13.1. The highest BCUT2D eigenvalue weighted by Crippen LogP contribution is 2.30. The molecule has 0 saturated carbocycles. The molecule has 6 nitrogen and oxygen atoms in total. The Morgan fingerprint density at radius 2 is 1.55 bits per heavy atom. The van der Waals surface area contributed by atoms with Gasteiger partial charge >= 0.3 is 0 Å². The summed E-state index contributed by atoms with van der Waals surface area (Å²) >= 11 is 6.25. The maximum atomic E-state index is 13.1. The van der Waals surface area contributed by atoms with Gasteiger partial charge in [0.05, 0.1) is 10.4 Å². The summed E-state index contributed by atoms with van der Waals surface area (Å²) in [4.78, 5) is 12.1. The van der Waals surface area contributed by atoms with Crippen LogP contribution in [0.25, 0.3) is 22.3 Å². The average molecular weight is 479 g/mol. The van der Waals surface area contributed by atoms with Crippen LogP contribution in [0.15, 0.2) is 77.7 Å². The summed E-state index contributed by atoms with van der Waals surface area (Å²) in [5, 5.41) is 1.51. The zero-order chi connectivity index (χ0) is 23.0. The Morgan fingerprint density at radius 1 is 0.848 bits per heavy atom. The largest absolute Gasteiger partial charge is 0.353 e. The Balaban J connectivity index is 1.46. The third-order valence-corrected chi connectivity index (χ3v) is 8.02. The summed E-state index contributed by atoms with van der Waals surface area (Å²) in [7, 11) is -3.53. The fourth-order valence-corrected chi connectivity index (χ4v) is 5.63. The van der Waals surface area contributed by atoms with Gasteiger partial charge in [-0.25, -0.2) is 18.4 Å². The second-order valence-electron chi connectivity index (χ2n) is 8.10. The highest BCUT2D eigenvalue weighted by molar-refractivity contribution is 7.89. The van der Waals surface area contributed by atoms with Gasteiger partial charge in [-0.05, 0) is 37.3 Å². The third-order valence-electron chi connectivity index (χ3n) is 5.87. The fraction of sp³-hybridized carbons (Fsp3) is 0.200. The van der Waals surface area contributed by atoms with E-state index in [1.165, 1.54) is 0 Å². The molecule has 0 atom stereocenters. The first kappa shape index (κ1) is 21.8. The highest BCUT2D eigenvalue weighted by atomic mass is 35.5. The van der Waals surface area contributed by atoms with E-state index in [2.05, 4.69) is 4.90 Å². The molecule has 0 aliphatic carbocycles. The molecule has 0 spiro atoms. The summed E-state index contributed by atoms with van der Waals surface area (Å²) in [5.74, 6) is 1.41. The van der Waals surface area contributed by atoms with Gasteiger partial charge in [0.2, 0.25) is 10.0 Å². The molecule has 1 fully saturated rings. The van der Waals surface area contributed by atoms with Crippen LogP contribution >= 0.6 is 11.6 Å². The molecule has 1 aliphatic rings. The third kappa shape index (κ3) is 4.31. The normalized spacial score (nSPS) is 15.2. The van der Waals surface area contributed by atoms with Crippen LogP contribution in [0.4, 0.5) is 5.82 Å². The molecule has 168 valence electrons. The van der Waals surface area contributed by atoms with Gasteiger partial charge in [0.25, 0.3) is 0 Å². The lowest BCUT2D eigenvalue weighted by atomic mass is 10.1. The fourth-order valence-electron chi connectivity index (χ4n) is 4.04. The second kappa shape index (κ2) is 8.74. The van der Waals surface area contributed by atoms with E-state index in [0.717, 1.165) is 27.8 Å². The number of hydrogen-bond donors (Lipinski definition) is 0. The van der Waals surface area contributed by atoms with Gasteiger partial charge in [0.1, 0.15) is 5.82 Å². The minimum Gasteiger partial charge on any atom is -0.353 e. The summed E-state index contributed by atoms with van der Waals surface area (Å²) in [6, 6.07) is 22.4. The van der Waals surface area contributed by atoms with Gasteiger partial charge in [-0.2, -0.15) is 4.31 Å². The maximum Gasteiger partial charge on any atom is 0.243 e. The highest BCUT2D eigenvalue weighted by Gasteiger charge is 2.29. The van der Waals surface area contributed by atoms with Gasteiger partial charge in [-0.1, -0.05) is 59.6 Å². The van der Waals surface area contributed by atoms with Crippen molar-refractivity contribution >= 4 is 38.3 Å². The predicted molar refractivity (Wildman–Crippen MR) is 132 cm³/mol. The van der Waals surface area contributed by atoms with E-state index in [-0.39, 0.29) is 0 Å². The molecule has 3 aromatic carbocycles. The van der Waals surface area contributed by atoms with E-state index in [1.807, 2.05) is 67.6 Å². The van der Waals surface area contributed by atoms with Crippen molar-refractivity contribution in [1.29, 1.82) is 0 Å². The van der Waals surface area contributed by atoms with Crippen molar-refractivity contribution in [2.45, 2.75) is 11.8 Å². The van der Waals surface area contributed by atoms with E-state index in [0.29, 0.717) is 41.9 Å². The van der Waals surface area contributed by atoms with E-state index in [9.17, 15) is 8.42 Å². The molecule has 0 amide bonds. The van der Waals surface area contributed by atoms with Crippen molar-refractivity contribution < 1.29 is 8.42 Å². The molecule has 1 aromatic heterocycles. The zero-order valence-corrected chi connectivity index (χ0v) is 19.7. The van der Waals surface area contributed by atoms with Crippen LogP contribution in [0, 0.1) is 6.92 Å². The molecule has 0 N–H and O–H groups in total. The molecule has 5 rings (SSSR count). The Kier molecular flexibility index (Phi) is 5.78. The number of nitrogens with zero attached hydrogens (tertiary/aromatic N) is 4. The minimum atomic E-state index is -3.53. The average Bonchev–Trinajstić information content (AvgIpc) is 2.84.